The number of rotatable bonds is 6. The largest absolute Gasteiger partial charge is 0.373 e. The second-order valence-electron chi connectivity index (χ2n) is 6.62. The molecule has 2 N–H and O–H groups in total. The number of nitrogens with one attached hydrogen (secondary N) is 2. The van der Waals surface area contributed by atoms with Crippen molar-refractivity contribution in [2.45, 2.75) is 37.8 Å². The third-order valence-electron chi connectivity index (χ3n) is 4.77. The van der Waals surface area contributed by atoms with Crippen molar-refractivity contribution in [2.75, 3.05) is 32.8 Å². The van der Waals surface area contributed by atoms with Crippen LogP contribution in [0.5, 0.6) is 0 Å². The molecule has 2 heterocycles. The molecule has 5 nitrogen and oxygen atoms in total. The van der Waals surface area contributed by atoms with E-state index in [0.29, 0.717) is 19.1 Å². The second kappa shape index (κ2) is 8.44. The quantitative estimate of drug-likeness (QED) is 0.781. The highest BCUT2D eigenvalue weighted by atomic mass is 19.1. The Hall–Kier alpha value is -1.66. The maximum Gasteiger partial charge on any atom is 0.314 e. The lowest BCUT2D eigenvalue weighted by Gasteiger charge is -2.35. The van der Waals surface area contributed by atoms with Crippen LogP contribution < -0.4 is 10.6 Å². The zero-order valence-corrected chi connectivity index (χ0v) is 14.0. The average molecular weight is 335 g/mol. The normalized spacial score (nSPS) is 23.7. The number of ether oxygens (including phenoxy) is 1. The van der Waals surface area contributed by atoms with Gasteiger partial charge in [-0.2, -0.15) is 0 Å². The maximum absolute atomic E-state index is 13.1. The molecule has 0 saturated carbocycles. The number of carbonyl (C=O) groups is 1. The molecule has 24 heavy (non-hydrogen) atoms. The van der Waals surface area contributed by atoms with Gasteiger partial charge < -0.3 is 15.4 Å². The van der Waals surface area contributed by atoms with Crippen LogP contribution in [0.3, 0.4) is 0 Å². The summed E-state index contributed by atoms with van der Waals surface area (Å²) in [6.07, 6.45) is 4.09. The van der Waals surface area contributed by atoms with Crippen molar-refractivity contribution in [1.29, 1.82) is 0 Å². The highest BCUT2D eigenvalue weighted by molar-refractivity contribution is 5.73. The van der Waals surface area contributed by atoms with E-state index in [1.165, 1.54) is 25.0 Å². The molecule has 0 aromatic heterocycles. The minimum Gasteiger partial charge on any atom is -0.373 e. The number of carbonyl (C=O) groups excluding carboxylic acids is 1. The Balaban J connectivity index is 1.27. The van der Waals surface area contributed by atoms with E-state index in [1.807, 2.05) is 6.07 Å². The molecule has 2 fully saturated rings. The summed E-state index contributed by atoms with van der Waals surface area (Å²) in [4.78, 5) is 14.3. The van der Waals surface area contributed by atoms with Crippen molar-refractivity contribution >= 4 is 6.03 Å². The van der Waals surface area contributed by atoms with Gasteiger partial charge in [0, 0.05) is 25.7 Å². The summed E-state index contributed by atoms with van der Waals surface area (Å²) in [6, 6.07) is 6.99. The molecule has 0 aliphatic carbocycles. The van der Waals surface area contributed by atoms with Crippen LogP contribution in [0, 0.1) is 5.82 Å². The van der Waals surface area contributed by atoms with Crippen LogP contribution in [0.1, 0.15) is 24.8 Å². The summed E-state index contributed by atoms with van der Waals surface area (Å²) < 4.78 is 18.9. The van der Waals surface area contributed by atoms with E-state index in [9.17, 15) is 9.18 Å². The van der Waals surface area contributed by atoms with Gasteiger partial charge in [-0.05, 0) is 49.9 Å². The molecule has 2 aliphatic heterocycles. The number of hydrogen-bond acceptors (Lipinski definition) is 3. The Morgan fingerprint density at radius 2 is 2.29 bits per heavy atom. The second-order valence-corrected chi connectivity index (χ2v) is 6.62. The van der Waals surface area contributed by atoms with Crippen LogP contribution in [-0.2, 0) is 11.2 Å². The summed E-state index contributed by atoms with van der Waals surface area (Å²) in [7, 11) is 0. The molecule has 1 aromatic rings. The van der Waals surface area contributed by atoms with E-state index >= 15 is 0 Å². The standard InChI is InChI=1S/C18H26FN3O2/c19-15-6-1-4-14(10-15)5-2-8-20-18(23)21-11-17-12-22-9-3-7-16(22)13-24-17/h1,4,6,10,16-17H,2-3,5,7-9,11-13H2,(H2,20,21,23)/t16-,17-/m1/s1. The van der Waals surface area contributed by atoms with E-state index in [-0.39, 0.29) is 18.0 Å². The van der Waals surface area contributed by atoms with Crippen molar-refractivity contribution in [3.63, 3.8) is 0 Å². The molecule has 0 unspecified atom stereocenters. The zero-order valence-electron chi connectivity index (χ0n) is 14.0. The summed E-state index contributed by atoms with van der Waals surface area (Å²) in [5.74, 6) is -0.217. The van der Waals surface area contributed by atoms with E-state index in [2.05, 4.69) is 15.5 Å². The monoisotopic (exact) mass is 335 g/mol. The predicted molar refractivity (Wildman–Crippen MR) is 90.5 cm³/mol. The minimum absolute atomic E-state index is 0.0809. The molecule has 0 radical (unpaired) electrons. The summed E-state index contributed by atoms with van der Waals surface area (Å²) in [6.45, 7) is 3.95. The number of urea groups is 1. The van der Waals surface area contributed by atoms with Crippen LogP contribution in [0.2, 0.25) is 0 Å². The molecule has 0 bridgehead atoms. The Morgan fingerprint density at radius 1 is 1.38 bits per heavy atom. The molecule has 3 rings (SSSR count). The van der Waals surface area contributed by atoms with Gasteiger partial charge in [0.1, 0.15) is 5.82 Å². The number of nitrogens with zero attached hydrogens (tertiary/aromatic N) is 1. The summed E-state index contributed by atoms with van der Waals surface area (Å²) in [5, 5.41) is 5.72. The Labute approximate surface area is 142 Å². The topological polar surface area (TPSA) is 53.6 Å². The smallest absolute Gasteiger partial charge is 0.314 e. The van der Waals surface area contributed by atoms with E-state index in [1.54, 1.807) is 6.07 Å². The average Bonchev–Trinajstić information content (AvgIpc) is 3.05. The molecular weight excluding hydrogens is 309 g/mol. The minimum atomic E-state index is -0.217. The van der Waals surface area contributed by atoms with Gasteiger partial charge in [-0.3, -0.25) is 4.90 Å². The van der Waals surface area contributed by atoms with E-state index < -0.39 is 0 Å². The van der Waals surface area contributed by atoms with Crippen LogP contribution in [0.15, 0.2) is 24.3 Å². The number of halogens is 1. The first-order valence-electron chi connectivity index (χ1n) is 8.82. The fourth-order valence-corrected chi connectivity index (χ4v) is 3.47. The number of morpholine rings is 1. The van der Waals surface area contributed by atoms with Crippen molar-refractivity contribution in [3.05, 3.63) is 35.6 Å². The Morgan fingerprint density at radius 3 is 3.17 bits per heavy atom. The number of fused-ring (bicyclic) bond motifs is 1. The fourth-order valence-electron chi connectivity index (χ4n) is 3.47. The molecule has 132 valence electrons. The predicted octanol–water partition coefficient (Wildman–Crippen LogP) is 1.92. The first kappa shape index (κ1) is 17.2. The number of aryl methyl sites for hydroxylation is 1. The first-order chi connectivity index (χ1) is 11.7. The molecule has 0 spiro atoms. The van der Waals surface area contributed by atoms with Crippen LogP contribution >= 0.6 is 0 Å². The fraction of sp³-hybridized carbons (Fsp3) is 0.611. The SMILES string of the molecule is O=C(NCCCc1cccc(F)c1)NC[C@@H]1CN2CCC[C@@H]2CO1. The molecule has 2 saturated heterocycles. The molecular formula is C18H26FN3O2. The number of benzene rings is 1. The first-order valence-corrected chi connectivity index (χ1v) is 8.82. The van der Waals surface area contributed by atoms with Crippen molar-refractivity contribution < 1.29 is 13.9 Å². The lowest BCUT2D eigenvalue weighted by Crippen LogP contribution is -2.51. The summed E-state index contributed by atoms with van der Waals surface area (Å²) >= 11 is 0. The van der Waals surface area contributed by atoms with Gasteiger partial charge in [-0.1, -0.05) is 12.1 Å². The lowest BCUT2D eigenvalue weighted by atomic mass is 10.1. The summed E-state index contributed by atoms with van der Waals surface area (Å²) in [5.41, 5.74) is 0.952. The Bertz CT molecular complexity index is 555. The number of amides is 2. The maximum atomic E-state index is 13.1. The van der Waals surface area contributed by atoms with Crippen LogP contribution in [0.4, 0.5) is 9.18 Å². The third-order valence-corrected chi connectivity index (χ3v) is 4.77. The number of hydrogen-bond donors (Lipinski definition) is 2. The van der Waals surface area contributed by atoms with Gasteiger partial charge in [-0.15, -0.1) is 0 Å². The zero-order chi connectivity index (χ0) is 16.8. The Kier molecular flexibility index (Phi) is 6.04. The highest BCUT2D eigenvalue weighted by Crippen LogP contribution is 2.22. The van der Waals surface area contributed by atoms with Crippen molar-refractivity contribution in [3.8, 4) is 0 Å². The molecule has 2 atom stereocenters. The molecule has 2 aliphatic rings. The van der Waals surface area contributed by atoms with Gasteiger partial charge in [0.15, 0.2) is 0 Å². The van der Waals surface area contributed by atoms with E-state index in [0.717, 1.165) is 38.1 Å². The van der Waals surface area contributed by atoms with Crippen LogP contribution in [0.25, 0.3) is 0 Å². The molecule has 1 aromatic carbocycles. The van der Waals surface area contributed by atoms with Gasteiger partial charge in [-0.25, -0.2) is 9.18 Å². The molecule has 2 amide bonds. The lowest BCUT2D eigenvalue weighted by molar-refractivity contribution is -0.0457. The molecule has 6 heteroatoms. The van der Waals surface area contributed by atoms with Crippen LogP contribution in [-0.4, -0.2) is 55.9 Å². The van der Waals surface area contributed by atoms with Gasteiger partial charge in [0.25, 0.3) is 0 Å². The van der Waals surface area contributed by atoms with E-state index in [4.69, 9.17) is 4.74 Å². The third kappa shape index (κ3) is 4.92. The van der Waals surface area contributed by atoms with Gasteiger partial charge in [0.05, 0.1) is 12.7 Å². The van der Waals surface area contributed by atoms with Crippen molar-refractivity contribution in [2.24, 2.45) is 0 Å². The highest BCUT2D eigenvalue weighted by Gasteiger charge is 2.32. The van der Waals surface area contributed by atoms with Gasteiger partial charge >= 0.3 is 6.03 Å². The van der Waals surface area contributed by atoms with Crippen molar-refractivity contribution in [1.82, 2.24) is 15.5 Å². The van der Waals surface area contributed by atoms with Gasteiger partial charge in [0.2, 0.25) is 0 Å².